The van der Waals surface area contributed by atoms with Crippen LogP contribution in [0.15, 0.2) is 24.5 Å². The average Bonchev–Trinajstić information content (AvgIpc) is 2.93. The molecular formula is C14H17N3O2. The zero-order valence-corrected chi connectivity index (χ0v) is 10.8. The molecule has 1 N–H and O–H groups in total. The highest BCUT2D eigenvalue weighted by atomic mass is 16.5. The average molecular weight is 259 g/mol. The number of benzene rings is 1. The number of hydrogen-bond donors (Lipinski definition) is 1. The minimum atomic E-state index is 0.183. The lowest BCUT2D eigenvalue weighted by Crippen LogP contribution is -2.37. The first kappa shape index (κ1) is 12.3. The van der Waals surface area contributed by atoms with E-state index in [1.165, 1.54) is 0 Å². The summed E-state index contributed by atoms with van der Waals surface area (Å²) in [5.41, 5.74) is 2.56. The number of carbonyl (C=O) groups is 1. The maximum Gasteiger partial charge on any atom is 0.164 e. The zero-order chi connectivity index (χ0) is 13.1. The van der Waals surface area contributed by atoms with Gasteiger partial charge in [0.25, 0.3) is 0 Å². The molecule has 0 spiro atoms. The Kier molecular flexibility index (Phi) is 3.57. The predicted octanol–water partition coefficient (Wildman–Crippen LogP) is 1.47. The fourth-order valence-electron chi connectivity index (χ4n) is 2.34. The normalized spacial score (nSPS) is 16.8. The highest BCUT2D eigenvalue weighted by Crippen LogP contribution is 2.13. The summed E-state index contributed by atoms with van der Waals surface area (Å²) >= 11 is 0. The van der Waals surface area contributed by atoms with Gasteiger partial charge < -0.3 is 9.72 Å². The zero-order valence-electron chi connectivity index (χ0n) is 10.8. The second-order valence-electron chi connectivity index (χ2n) is 4.76. The summed E-state index contributed by atoms with van der Waals surface area (Å²) in [7, 11) is 0. The summed E-state index contributed by atoms with van der Waals surface area (Å²) in [4.78, 5) is 21.6. The predicted molar refractivity (Wildman–Crippen MR) is 72.3 cm³/mol. The first-order chi connectivity index (χ1) is 9.33. The standard InChI is InChI=1S/C14H17N3O2/c18-14(3-4-17-5-7-19-8-6-17)11-1-2-12-13(9-11)16-10-15-12/h1-2,9-10H,3-8H2,(H,15,16). The van der Waals surface area contributed by atoms with Gasteiger partial charge in [-0.2, -0.15) is 0 Å². The highest BCUT2D eigenvalue weighted by molar-refractivity contribution is 5.98. The Morgan fingerprint density at radius 2 is 2.21 bits per heavy atom. The van der Waals surface area contributed by atoms with Crippen molar-refractivity contribution in [3.05, 3.63) is 30.1 Å². The maximum atomic E-state index is 12.2. The number of rotatable bonds is 4. The Balaban J connectivity index is 1.62. The van der Waals surface area contributed by atoms with E-state index in [2.05, 4.69) is 14.9 Å². The van der Waals surface area contributed by atoms with Crippen LogP contribution in [0.2, 0.25) is 0 Å². The van der Waals surface area contributed by atoms with Crippen LogP contribution in [0.1, 0.15) is 16.8 Å². The minimum absolute atomic E-state index is 0.183. The smallest absolute Gasteiger partial charge is 0.164 e. The van der Waals surface area contributed by atoms with Crippen LogP contribution in [0.5, 0.6) is 0 Å². The molecule has 0 atom stereocenters. The number of ketones is 1. The van der Waals surface area contributed by atoms with Gasteiger partial charge in [0.1, 0.15) is 0 Å². The second-order valence-corrected chi connectivity index (χ2v) is 4.76. The van der Waals surface area contributed by atoms with Gasteiger partial charge in [0.2, 0.25) is 0 Å². The van der Waals surface area contributed by atoms with Crippen molar-refractivity contribution in [2.75, 3.05) is 32.8 Å². The number of nitrogens with one attached hydrogen (secondary N) is 1. The van der Waals surface area contributed by atoms with Crippen LogP contribution in [0.25, 0.3) is 11.0 Å². The fraction of sp³-hybridized carbons (Fsp3) is 0.429. The van der Waals surface area contributed by atoms with Gasteiger partial charge in [-0.15, -0.1) is 0 Å². The number of aromatic amines is 1. The first-order valence-electron chi connectivity index (χ1n) is 6.59. The van der Waals surface area contributed by atoms with Crippen molar-refractivity contribution in [2.24, 2.45) is 0 Å². The number of aromatic nitrogens is 2. The number of morpholine rings is 1. The van der Waals surface area contributed by atoms with Crippen molar-refractivity contribution < 1.29 is 9.53 Å². The Bertz CT molecular complexity index is 573. The van der Waals surface area contributed by atoms with Crippen molar-refractivity contribution in [2.45, 2.75) is 6.42 Å². The molecule has 1 aromatic heterocycles. The molecule has 19 heavy (non-hydrogen) atoms. The summed E-state index contributed by atoms with van der Waals surface area (Å²) < 4.78 is 5.29. The van der Waals surface area contributed by atoms with Crippen molar-refractivity contribution in [3.63, 3.8) is 0 Å². The van der Waals surface area contributed by atoms with E-state index >= 15 is 0 Å². The second kappa shape index (κ2) is 5.50. The molecule has 1 fully saturated rings. The Hall–Kier alpha value is -1.72. The summed E-state index contributed by atoms with van der Waals surface area (Å²) in [5, 5.41) is 0. The number of hydrogen-bond acceptors (Lipinski definition) is 4. The molecule has 2 aromatic rings. The molecule has 5 nitrogen and oxygen atoms in total. The van der Waals surface area contributed by atoms with Crippen LogP contribution in [-0.2, 0) is 4.74 Å². The quantitative estimate of drug-likeness (QED) is 0.845. The Labute approximate surface area is 111 Å². The van der Waals surface area contributed by atoms with Gasteiger partial charge in [-0.3, -0.25) is 9.69 Å². The van der Waals surface area contributed by atoms with E-state index in [0.717, 1.165) is 49.4 Å². The summed E-state index contributed by atoms with van der Waals surface area (Å²) in [6, 6.07) is 5.61. The number of carbonyl (C=O) groups excluding carboxylic acids is 1. The summed E-state index contributed by atoms with van der Waals surface area (Å²) in [6.45, 7) is 4.20. The van der Waals surface area contributed by atoms with Gasteiger partial charge in [0, 0.05) is 31.6 Å². The van der Waals surface area contributed by atoms with Crippen LogP contribution in [0, 0.1) is 0 Å². The summed E-state index contributed by atoms with van der Waals surface area (Å²) in [5.74, 6) is 0.183. The molecule has 3 rings (SSSR count). The molecule has 2 heterocycles. The molecule has 5 heteroatoms. The molecule has 0 bridgehead atoms. The monoisotopic (exact) mass is 259 g/mol. The molecule has 0 radical (unpaired) electrons. The van der Waals surface area contributed by atoms with Crippen LogP contribution in [0.4, 0.5) is 0 Å². The number of Topliss-reactive ketones (excluding diaryl/α,β-unsaturated/α-hetero) is 1. The van der Waals surface area contributed by atoms with Crippen molar-refractivity contribution in [1.29, 1.82) is 0 Å². The maximum absolute atomic E-state index is 12.2. The van der Waals surface area contributed by atoms with Gasteiger partial charge in [-0.25, -0.2) is 4.98 Å². The Morgan fingerprint density at radius 1 is 1.37 bits per heavy atom. The number of H-pyrrole nitrogens is 1. The third kappa shape index (κ3) is 2.83. The van der Waals surface area contributed by atoms with Gasteiger partial charge in [-0.05, 0) is 18.2 Å². The molecule has 0 aliphatic carbocycles. The Morgan fingerprint density at radius 3 is 3.05 bits per heavy atom. The van der Waals surface area contributed by atoms with Crippen LogP contribution in [0.3, 0.4) is 0 Å². The van der Waals surface area contributed by atoms with E-state index in [4.69, 9.17) is 4.74 Å². The van der Waals surface area contributed by atoms with Crippen LogP contribution < -0.4 is 0 Å². The van der Waals surface area contributed by atoms with E-state index in [1.54, 1.807) is 6.33 Å². The lowest BCUT2D eigenvalue weighted by molar-refractivity contribution is 0.0370. The highest BCUT2D eigenvalue weighted by Gasteiger charge is 2.13. The molecule has 0 unspecified atom stereocenters. The lowest BCUT2D eigenvalue weighted by atomic mass is 10.1. The van der Waals surface area contributed by atoms with E-state index in [1.807, 2.05) is 18.2 Å². The summed E-state index contributed by atoms with van der Waals surface area (Å²) in [6.07, 6.45) is 2.20. The number of ether oxygens (including phenoxy) is 1. The van der Waals surface area contributed by atoms with E-state index in [9.17, 15) is 4.79 Å². The molecule has 1 saturated heterocycles. The molecule has 0 saturated carbocycles. The number of fused-ring (bicyclic) bond motifs is 1. The SMILES string of the molecule is O=C(CCN1CCOCC1)c1ccc2nc[nH]c2c1. The van der Waals surface area contributed by atoms with Gasteiger partial charge in [0.05, 0.1) is 30.6 Å². The van der Waals surface area contributed by atoms with Gasteiger partial charge >= 0.3 is 0 Å². The number of imidazole rings is 1. The van der Waals surface area contributed by atoms with Crippen LogP contribution in [-0.4, -0.2) is 53.5 Å². The fourth-order valence-corrected chi connectivity index (χ4v) is 2.34. The van der Waals surface area contributed by atoms with Crippen molar-refractivity contribution in [3.8, 4) is 0 Å². The molecular weight excluding hydrogens is 242 g/mol. The molecule has 1 aliphatic heterocycles. The van der Waals surface area contributed by atoms with Gasteiger partial charge in [0.15, 0.2) is 5.78 Å². The molecule has 0 amide bonds. The largest absolute Gasteiger partial charge is 0.379 e. The number of nitrogens with zero attached hydrogens (tertiary/aromatic N) is 2. The minimum Gasteiger partial charge on any atom is -0.379 e. The third-order valence-corrected chi connectivity index (χ3v) is 3.50. The van der Waals surface area contributed by atoms with E-state index < -0.39 is 0 Å². The van der Waals surface area contributed by atoms with Crippen LogP contribution >= 0.6 is 0 Å². The van der Waals surface area contributed by atoms with Crippen molar-refractivity contribution >= 4 is 16.8 Å². The van der Waals surface area contributed by atoms with Gasteiger partial charge in [-0.1, -0.05) is 0 Å². The molecule has 1 aliphatic rings. The lowest BCUT2D eigenvalue weighted by Gasteiger charge is -2.26. The molecule has 1 aromatic carbocycles. The third-order valence-electron chi connectivity index (χ3n) is 3.50. The van der Waals surface area contributed by atoms with Crippen molar-refractivity contribution in [1.82, 2.24) is 14.9 Å². The molecule has 100 valence electrons. The topological polar surface area (TPSA) is 58.2 Å². The first-order valence-corrected chi connectivity index (χ1v) is 6.59. The van der Waals surface area contributed by atoms with E-state index in [0.29, 0.717) is 6.42 Å². The van der Waals surface area contributed by atoms with E-state index in [-0.39, 0.29) is 5.78 Å².